The lowest BCUT2D eigenvalue weighted by Gasteiger charge is -2.40. The molecule has 1 aromatic rings. The Morgan fingerprint density at radius 1 is 1.24 bits per heavy atom. The number of nitrogens with two attached hydrogens (primary N) is 1. The predicted molar refractivity (Wildman–Crippen MR) is 73.4 cm³/mol. The molecular formula is C14H21F3N4. The van der Waals surface area contributed by atoms with E-state index in [2.05, 4.69) is 28.7 Å². The van der Waals surface area contributed by atoms with E-state index in [9.17, 15) is 13.2 Å². The SMILES string of the molecule is CC1(C)CCN(C(CN)c2cnc(C(F)(F)F)nc2)CC1. The van der Waals surface area contributed by atoms with E-state index in [0.29, 0.717) is 17.5 Å². The van der Waals surface area contributed by atoms with E-state index in [1.807, 2.05) is 0 Å². The molecule has 1 aliphatic rings. The van der Waals surface area contributed by atoms with E-state index in [4.69, 9.17) is 5.73 Å². The lowest BCUT2D eigenvalue weighted by Crippen LogP contribution is -2.42. The predicted octanol–water partition coefficient (Wildman–Crippen LogP) is 2.62. The largest absolute Gasteiger partial charge is 0.451 e. The number of hydrogen-bond acceptors (Lipinski definition) is 4. The summed E-state index contributed by atoms with van der Waals surface area (Å²) in [5.41, 5.74) is 6.76. The van der Waals surface area contributed by atoms with E-state index in [0.717, 1.165) is 25.9 Å². The Balaban J connectivity index is 2.11. The van der Waals surface area contributed by atoms with Gasteiger partial charge in [-0.15, -0.1) is 0 Å². The maximum Gasteiger partial charge on any atom is 0.451 e. The molecule has 1 saturated heterocycles. The molecule has 0 aromatic carbocycles. The summed E-state index contributed by atoms with van der Waals surface area (Å²) in [5.74, 6) is -1.11. The van der Waals surface area contributed by atoms with Crippen LogP contribution in [0.1, 0.15) is 44.1 Å². The number of rotatable bonds is 3. The molecule has 1 atom stereocenters. The second-order valence-electron chi connectivity index (χ2n) is 6.29. The first-order valence-corrected chi connectivity index (χ1v) is 7.06. The molecule has 0 amide bonds. The first-order valence-electron chi connectivity index (χ1n) is 7.06. The summed E-state index contributed by atoms with van der Waals surface area (Å²) < 4.78 is 37.4. The van der Waals surface area contributed by atoms with Gasteiger partial charge in [-0.2, -0.15) is 13.2 Å². The molecule has 118 valence electrons. The van der Waals surface area contributed by atoms with Crippen LogP contribution in [-0.2, 0) is 6.18 Å². The van der Waals surface area contributed by atoms with E-state index in [1.54, 1.807) is 0 Å². The summed E-state index contributed by atoms with van der Waals surface area (Å²) in [6.45, 7) is 6.56. The zero-order valence-electron chi connectivity index (χ0n) is 12.3. The van der Waals surface area contributed by atoms with Crippen LogP contribution >= 0.6 is 0 Å². The Hall–Kier alpha value is -1.21. The highest BCUT2D eigenvalue weighted by molar-refractivity contribution is 5.13. The first kappa shape index (κ1) is 16.2. The number of aromatic nitrogens is 2. The number of nitrogens with zero attached hydrogens (tertiary/aromatic N) is 3. The summed E-state index contributed by atoms with van der Waals surface area (Å²) >= 11 is 0. The fourth-order valence-corrected chi connectivity index (χ4v) is 2.59. The molecule has 0 spiro atoms. The highest BCUT2D eigenvalue weighted by Gasteiger charge is 2.35. The average molecular weight is 302 g/mol. The van der Waals surface area contributed by atoms with Gasteiger partial charge >= 0.3 is 6.18 Å². The molecule has 1 unspecified atom stereocenters. The number of hydrogen-bond donors (Lipinski definition) is 1. The van der Waals surface area contributed by atoms with E-state index < -0.39 is 12.0 Å². The van der Waals surface area contributed by atoms with Crippen LogP contribution in [0.2, 0.25) is 0 Å². The van der Waals surface area contributed by atoms with Gasteiger partial charge < -0.3 is 5.73 Å². The third-order valence-corrected chi connectivity index (χ3v) is 4.13. The number of likely N-dealkylation sites (tertiary alicyclic amines) is 1. The molecule has 1 aliphatic heterocycles. The molecule has 1 fully saturated rings. The van der Waals surface area contributed by atoms with Gasteiger partial charge in [-0.25, -0.2) is 9.97 Å². The van der Waals surface area contributed by atoms with Gasteiger partial charge in [-0.1, -0.05) is 13.8 Å². The van der Waals surface area contributed by atoms with Crippen molar-refractivity contribution in [3.63, 3.8) is 0 Å². The standard InChI is InChI=1S/C14H21F3N4/c1-13(2)3-5-21(6-4-13)11(7-18)10-8-19-12(20-9-10)14(15,16)17/h8-9,11H,3-7,18H2,1-2H3. The lowest BCUT2D eigenvalue weighted by atomic mass is 9.82. The van der Waals surface area contributed by atoms with Crippen molar-refractivity contribution in [1.82, 2.24) is 14.9 Å². The van der Waals surface area contributed by atoms with Crippen molar-refractivity contribution < 1.29 is 13.2 Å². The Morgan fingerprint density at radius 3 is 2.19 bits per heavy atom. The first-order chi connectivity index (χ1) is 9.73. The van der Waals surface area contributed by atoms with E-state index in [1.165, 1.54) is 12.4 Å². The molecule has 0 bridgehead atoms. The van der Waals surface area contributed by atoms with Crippen molar-refractivity contribution in [2.75, 3.05) is 19.6 Å². The van der Waals surface area contributed by atoms with Crippen molar-refractivity contribution >= 4 is 0 Å². The third kappa shape index (κ3) is 3.91. The normalized spacial score (nSPS) is 21.2. The Morgan fingerprint density at radius 2 is 1.76 bits per heavy atom. The zero-order chi connectivity index (χ0) is 15.7. The quantitative estimate of drug-likeness (QED) is 0.932. The third-order valence-electron chi connectivity index (χ3n) is 4.13. The lowest BCUT2D eigenvalue weighted by molar-refractivity contribution is -0.145. The number of piperidine rings is 1. The molecular weight excluding hydrogens is 281 g/mol. The van der Waals surface area contributed by atoms with Gasteiger partial charge in [-0.05, 0) is 31.3 Å². The van der Waals surface area contributed by atoms with Crippen LogP contribution in [-0.4, -0.2) is 34.5 Å². The van der Waals surface area contributed by atoms with E-state index >= 15 is 0 Å². The fraction of sp³-hybridized carbons (Fsp3) is 0.714. The van der Waals surface area contributed by atoms with Gasteiger partial charge in [0.25, 0.3) is 0 Å². The molecule has 0 saturated carbocycles. The molecule has 1 aromatic heterocycles. The smallest absolute Gasteiger partial charge is 0.329 e. The van der Waals surface area contributed by atoms with Crippen LogP contribution in [0.25, 0.3) is 0 Å². The maximum atomic E-state index is 12.5. The minimum absolute atomic E-state index is 0.122. The van der Waals surface area contributed by atoms with Gasteiger partial charge in [-0.3, -0.25) is 4.90 Å². The van der Waals surface area contributed by atoms with Crippen molar-refractivity contribution in [3.05, 3.63) is 23.8 Å². The van der Waals surface area contributed by atoms with E-state index in [-0.39, 0.29) is 6.04 Å². The van der Waals surface area contributed by atoms with Crippen LogP contribution in [0, 0.1) is 5.41 Å². The summed E-state index contributed by atoms with van der Waals surface area (Å²) in [6, 6.07) is -0.122. The molecule has 0 aliphatic carbocycles. The highest BCUT2D eigenvalue weighted by atomic mass is 19.4. The summed E-state index contributed by atoms with van der Waals surface area (Å²) in [7, 11) is 0. The highest BCUT2D eigenvalue weighted by Crippen LogP contribution is 2.33. The van der Waals surface area contributed by atoms with Gasteiger partial charge in [0.05, 0.1) is 6.04 Å². The second-order valence-corrected chi connectivity index (χ2v) is 6.29. The minimum atomic E-state index is -4.51. The second kappa shape index (κ2) is 5.88. The monoisotopic (exact) mass is 302 g/mol. The summed E-state index contributed by atoms with van der Waals surface area (Å²) in [5, 5.41) is 0. The van der Waals surface area contributed by atoms with Gasteiger partial charge in [0, 0.05) is 24.5 Å². The van der Waals surface area contributed by atoms with Crippen molar-refractivity contribution in [2.24, 2.45) is 11.1 Å². The Bertz CT molecular complexity index is 460. The Kier molecular flexibility index (Phi) is 4.53. The van der Waals surface area contributed by atoms with Gasteiger partial charge in [0.1, 0.15) is 0 Å². The topological polar surface area (TPSA) is 55.0 Å². The van der Waals surface area contributed by atoms with Crippen LogP contribution in [0.5, 0.6) is 0 Å². The molecule has 2 rings (SSSR count). The van der Waals surface area contributed by atoms with Crippen LogP contribution in [0.4, 0.5) is 13.2 Å². The van der Waals surface area contributed by atoms with Crippen molar-refractivity contribution in [2.45, 2.75) is 38.9 Å². The Labute approximate surface area is 122 Å². The van der Waals surface area contributed by atoms with Crippen molar-refractivity contribution in [1.29, 1.82) is 0 Å². The summed E-state index contributed by atoms with van der Waals surface area (Å²) in [4.78, 5) is 9.05. The number of halogens is 3. The van der Waals surface area contributed by atoms with Crippen LogP contribution < -0.4 is 5.73 Å². The molecule has 4 nitrogen and oxygen atoms in total. The summed E-state index contributed by atoms with van der Waals surface area (Å²) in [6.07, 6.45) is 0.0715. The number of alkyl halides is 3. The van der Waals surface area contributed by atoms with Crippen LogP contribution in [0.15, 0.2) is 12.4 Å². The average Bonchev–Trinajstić information content (AvgIpc) is 2.41. The molecule has 2 heterocycles. The van der Waals surface area contributed by atoms with Crippen LogP contribution in [0.3, 0.4) is 0 Å². The van der Waals surface area contributed by atoms with Gasteiger partial charge in [0.15, 0.2) is 0 Å². The molecule has 7 heteroatoms. The van der Waals surface area contributed by atoms with Gasteiger partial charge in [0.2, 0.25) is 5.82 Å². The molecule has 2 N–H and O–H groups in total. The fourth-order valence-electron chi connectivity index (χ4n) is 2.59. The zero-order valence-corrected chi connectivity index (χ0v) is 12.3. The maximum absolute atomic E-state index is 12.5. The molecule has 0 radical (unpaired) electrons. The van der Waals surface area contributed by atoms with Crippen molar-refractivity contribution in [3.8, 4) is 0 Å². The molecule has 21 heavy (non-hydrogen) atoms. The minimum Gasteiger partial charge on any atom is -0.329 e.